The molecular formula is C12H19N3O. The van der Waals surface area contributed by atoms with Crippen LogP contribution in [0.1, 0.15) is 26.3 Å². The van der Waals surface area contributed by atoms with Crippen LogP contribution in [0.4, 0.5) is 5.69 Å². The number of likely N-dealkylation sites (N-methyl/N-ethyl adjacent to an activating group) is 1. The van der Waals surface area contributed by atoms with Gasteiger partial charge in [0, 0.05) is 18.1 Å². The van der Waals surface area contributed by atoms with Crippen LogP contribution in [0.5, 0.6) is 0 Å². The Morgan fingerprint density at radius 2 is 2.19 bits per heavy atom. The Kier molecular flexibility index (Phi) is 4.01. The number of pyridine rings is 1. The van der Waals surface area contributed by atoms with Crippen LogP contribution in [0.15, 0.2) is 18.5 Å². The number of nitrogens with one attached hydrogen (secondary N) is 2. The molecular weight excluding hydrogens is 202 g/mol. The minimum Gasteiger partial charge on any atom is -0.324 e. The van der Waals surface area contributed by atoms with Crippen LogP contribution in [0.3, 0.4) is 0 Å². The SMILES string of the molecule is CCNC(C)(C)C(=O)Nc1ccncc1C. The van der Waals surface area contributed by atoms with Crippen molar-refractivity contribution in [2.75, 3.05) is 11.9 Å². The minimum atomic E-state index is -0.565. The molecule has 1 heterocycles. The number of carbonyl (C=O) groups is 1. The molecule has 0 aromatic carbocycles. The molecule has 0 spiro atoms. The number of nitrogens with zero attached hydrogens (tertiary/aromatic N) is 1. The first-order chi connectivity index (χ1) is 7.47. The van der Waals surface area contributed by atoms with E-state index in [-0.39, 0.29) is 5.91 Å². The maximum atomic E-state index is 12.0. The number of rotatable bonds is 4. The molecule has 0 fully saturated rings. The van der Waals surface area contributed by atoms with Gasteiger partial charge in [-0.1, -0.05) is 6.92 Å². The number of aryl methyl sites for hydroxylation is 1. The quantitative estimate of drug-likeness (QED) is 0.814. The molecule has 0 aliphatic carbocycles. The second-order valence-electron chi connectivity index (χ2n) is 4.30. The van der Waals surface area contributed by atoms with Gasteiger partial charge in [-0.25, -0.2) is 0 Å². The average molecular weight is 221 g/mol. The summed E-state index contributed by atoms with van der Waals surface area (Å²) >= 11 is 0. The van der Waals surface area contributed by atoms with E-state index in [1.54, 1.807) is 18.5 Å². The Morgan fingerprint density at radius 1 is 1.50 bits per heavy atom. The highest BCUT2D eigenvalue weighted by atomic mass is 16.2. The lowest BCUT2D eigenvalue weighted by Crippen LogP contribution is -2.49. The zero-order valence-electron chi connectivity index (χ0n) is 10.3. The number of hydrogen-bond donors (Lipinski definition) is 2. The molecule has 0 radical (unpaired) electrons. The van der Waals surface area contributed by atoms with E-state index in [0.717, 1.165) is 17.8 Å². The van der Waals surface area contributed by atoms with Crippen molar-refractivity contribution in [3.05, 3.63) is 24.0 Å². The van der Waals surface area contributed by atoms with Crippen molar-refractivity contribution in [1.82, 2.24) is 10.3 Å². The van der Waals surface area contributed by atoms with Gasteiger partial charge in [0.2, 0.25) is 5.91 Å². The lowest BCUT2D eigenvalue weighted by atomic mass is 10.0. The highest BCUT2D eigenvalue weighted by Gasteiger charge is 2.26. The Morgan fingerprint density at radius 3 is 2.75 bits per heavy atom. The van der Waals surface area contributed by atoms with Crippen LogP contribution in [-0.2, 0) is 4.79 Å². The fourth-order valence-electron chi connectivity index (χ4n) is 1.41. The Hall–Kier alpha value is -1.42. The highest BCUT2D eigenvalue weighted by Crippen LogP contribution is 2.14. The monoisotopic (exact) mass is 221 g/mol. The van der Waals surface area contributed by atoms with E-state index in [2.05, 4.69) is 15.6 Å². The molecule has 1 rings (SSSR count). The molecule has 0 aliphatic heterocycles. The summed E-state index contributed by atoms with van der Waals surface area (Å²) in [6, 6.07) is 1.80. The van der Waals surface area contributed by atoms with E-state index in [1.807, 2.05) is 27.7 Å². The van der Waals surface area contributed by atoms with Crippen molar-refractivity contribution < 1.29 is 4.79 Å². The molecule has 4 nitrogen and oxygen atoms in total. The number of anilines is 1. The molecule has 4 heteroatoms. The third-order valence-electron chi connectivity index (χ3n) is 2.45. The van der Waals surface area contributed by atoms with Gasteiger partial charge in [0.05, 0.1) is 5.54 Å². The van der Waals surface area contributed by atoms with Gasteiger partial charge in [0.1, 0.15) is 0 Å². The van der Waals surface area contributed by atoms with Crippen LogP contribution in [0, 0.1) is 6.92 Å². The molecule has 0 atom stereocenters. The van der Waals surface area contributed by atoms with Gasteiger partial charge in [-0.2, -0.15) is 0 Å². The summed E-state index contributed by atoms with van der Waals surface area (Å²) in [7, 11) is 0. The van der Waals surface area contributed by atoms with Gasteiger partial charge in [0.25, 0.3) is 0 Å². The summed E-state index contributed by atoms with van der Waals surface area (Å²) in [5.41, 5.74) is 1.21. The van der Waals surface area contributed by atoms with Crippen LogP contribution in [0.2, 0.25) is 0 Å². The molecule has 1 aromatic rings. The second-order valence-corrected chi connectivity index (χ2v) is 4.30. The molecule has 0 unspecified atom stereocenters. The van der Waals surface area contributed by atoms with Gasteiger partial charge in [-0.05, 0) is 38.9 Å². The largest absolute Gasteiger partial charge is 0.324 e. The van der Waals surface area contributed by atoms with E-state index in [1.165, 1.54) is 0 Å². The fourth-order valence-corrected chi connectivity index (χ4v) is 1.41. The van der Waals surface area contributed by atoms with E-state index in [4.69, 9.17) is 0 Å². The van der Waals surface area contributed by atoms with Gasteiger partial charge in [0.15, 0.2) is 0 Å². The molecule has 2 N–H and O–H groups in total. The maximum Gasteiger partial charge on any atom is 0.244 e. The molecule has 88 valence electrons. The lowest BCUT2D eigenvalue weighted by molar-refractivity contribution is -0.121. The first-order valence-corrected chi connectivity index (χ1v) is 5.44. The van der Waals surface area contributed by atoms with Crippen LogP contribution in [-0.4, -0.2) is 23.0 Å². The molecule has 1 aromatic heterocycles. The zero-order valence-corrected chi connectivity index (χ0v) is 10.3. The molecule has 0 saturated carbocycles. The number of amides is 1. The van der Waals surface area contributed by atoms with Crippen molar-refractivity contribution in [3.63, 3.8) is 0 Å². The third kappa shape index (κ3) is 3.03. The Labute approximate surface area is 96.5 Å². The zero-order chi connectivity index (χ0) is 12.2. The van der Waals surface area contributed by atoms with E-state index in [0.29, 0.717) is 0 Å². The second kappa shape index (κ2) is 5.07. The van der Waals surface area contributed by atoms with E-state index in [9.17, 15) is 4.79 Å². The average Bonchev–Trinajstić information content (AvgIpc) is 2.21. The van der Waals surface area contributed by atoms with Gasteiger partial charge >= 0.3 is 0 Å². The number of carbonyl (C=O) groups excluding carboxylic acids is 1. The van der Waals surface area contributed by atoms with Crippen molar-refractivity contribution in [2.45, 2.75) is 33.2 Å². The first kappa shape index (κ1) is 12.6. The number of hydrogen-bond acceptors (Lipinski definition) is 3. The predicted octanol–water partition coefficient (Wildman–Crippen LogP) is 1.72. The normalized spacial score (nSPS) is 11.2. The van der Waals surface area contributed by atoms with Crippen LogP contribution >= 0.6 is 0 Å². The molecule has 0 saturated heterocycles. The van der Waals surface area contributed by atoms with Crippen molar-refractivity contribution in [2.24, 2.45) is 0 Å². The predicted molar refractivity (Wildman–Crippen MR) is 65.4 cm³/mol. The molecule has 1 amide bonds. The minimum absolute atomic E-state index is 0.0383. The molecule has 0 aliphatic rings. The lowest BCUT2D eigenvalue weighted by Gasteiger charge is -2.24. The fraction of sp³-hybridized carbons (Fsp3) is 0.500. The summed E-state index contributed by atoms with van der Waals surface area (Å²) in [5.74, 6) is -0.0383. The van der Waals surface area contributed by atoms with Crippen molar-refractivity contribution in [1.29, 1.82) is 0 Å². The smallest absolute Gasteiger partial charge is 0.244 e. The van der Waals surface area contributed by atoms with Crippen LogP contribution < -0.4 is 10.6 Å². The third-order valence-corrected chi connectivity index (χ3v) is 2.45. The summed E-state index contributed by atoms with van der Waals surface area (Å²) in [6.07, 6.45) is 3.40. The summed E-state index contributed by atoms with van der Waals surface area (Å²) < 4.78 is 0. The number of aromatic nitrogens is 1. The van der Waals surface area contributed by atoms with Gasteiger partial charge < -0.3 is 10.6 Å². The first-order valence-electron chi connectivity index (χ1n) is 5.44. The van der Waals surface area contributed by atoms with Gasteiger partial charge in [-0.15, -0.1) is 0 Å². The Balaban J connectivity index is 2.75. The molecule has 0 bridgehead atoms. The summed E-state index contributed by atoms with van der Waals surface area (Å²) in [4.78, 5) is 16.0. The van der Waals surface area contributed by atoms with Crippen molar-refractivity contribution in [3.8, 4) is 0 Å². The Bertz CT molecular complexity index is 374. The highest BCUT2D eigenvalue weighted by molar-refractivity contribution is 5.97. The summed E-state index contributed by atoms with van der Waals surface area (Å²) in [5, 5.41) is 6.03. The molecule has 16 heavy (non-hydrogen) atoms. The van der Waals surface area contributed by atoms with E-state index >= 15 is 0 Å². The summed E-state index contributed by atoms with van der Waals surface area (Å²) in [6.45, 7) is 8.38. The topological polar surface area (TPSA) is 54.0 Å². The van der Waals surface area contributed by atoms with Crippen LogP contribution in [0.25, 0.3) is 0 Å². The van der Waals surface area contributed by atoms with E-state index < -0.39 is 5.54 Å². The standard InChI is InChI=1S/C12H19N3O/c1-5-14-12(3,4)11(16)15-10-6-7-13-8-9(10)2/h6-8,14H,5H2,1-4H3,(H,13,15,16). The van der Waals surface area contributed by atoms with Crippen molar-refractivity contribution >= 4 is 11.6 Å². The maximum absolute atomic E-state index is 12.0. The van der Waals surface area contributed by atoms with Gasteiger partial charge in [-0.3, -0.25) is 9.78 Å².